The number of hydrogen-bond donors (Lipinski definition) is 1. The van der Waals surface area contributed by atoms with E-state index in [0.29, 0.717) is 19.4 Å². The Hall–Kier alpha value is -0.680. The lowest BCUT2D eigenvalue weighted by Gasteiger charge is -2.02. The highest BCUT2D eigenvalue weighted by molar-refractivity contribution is 9.10. The van der Waals surface area contributed by atoms with Crippen molar-refractivity contribution in [2.45, 2.75) is 39.0 Å². The van der Waals surface area contributed by atoms with E-state index < -0.39 is 0 Å². The van der Waals surface area contributed by atoms with E-state index in [1.165, 1.54) is 0 Å². The fourth-order valence-corrected chi connectivity index (χ4v) is 2.51. The molecular weight excluding hydrogens is 282 g/mol. The van der Waals surface area contributed by atoms with Crippen molar-refractivity contribution in [1.82, 2.24) is 9.78 Å². The highest BCUT2D eigenvalue weighted by Gasteiger charge is 2.15. The summed E-state index contributed by atoms with van der Waals surface area (Å²) in [6.07, 6.45) is 3.73. The second kappa shape index (κ2) is 6.91. The molecular formula is C12H20BrN3O. The van der Waals surface area contributed by atoms with Crippen molar-refractivity contribution in [3.05, 3.63) is 15.9 Å². The molecule has 2 N–H and O–H groups in total. The fraction of sp³-hybridized carbons (Fsp3) is 0.667. The first-order valence-corrected chi connectivity index (χ1v) is 6.81. The quantitative estimate of drug-likeness (QED) is 0.784. The third kappa shape index (κ3) is 3.92. The van der Waals surface area contributed by atoms with Crippen molar-refractivity contribution >= 4 is 21.7 Å². The molecule has 0 fully saturated rings. The SMILES string of the molecule is CCc1nn(C)c(CC(=O)CCCCN)c1Br. The molecule has 17 heavy (non-hydrogen) atoms. The molecule has 0 bridgehead atoms. The van der Waals surface area contributed by atoms with Crippen LogP contribution in [0.5, 0.6) is 0 Å². The van der Waals surface area contributed by atoms with Crippen LogP contribution in [-0.4, -0.2) is 22.1 Å². The number of carbonyl (C=O) groups is 1. The minimum Gasteiger partial charge on any atom is -0.330 e. The van der Waals surface area contributed by atoms with E-state index >= 15 is 0 Å². The van der Waals surface area contributed by atoms with E-state index in [9.17, 15) is 4.79 Å². The Labute approximate surface area is 111 Å². The Morgan fingerprint density at radius 3 is 2.71 bits per heavy atom. The Kier molecular flexibility index (Phi) is 5.85. The minimum absolute atomic E-state index is 0.254. The van der Waals surface area contributed by atoms with Crippen LogP contribution in [0.3, 0.4) is 0 Å². The van der Waals surface area contributed by atoms with Gasteiger partial charge in [-0.2, -0.15) is 5.10 Å². The molecule has 1 heterocycles. The first kappa shape index (κ1) is 14.4. The summed E-state index contributed by atoms with van der Waals surface area (Å²) in [5.74, 6) is 0.254. The van der Waals surface area contributed by atoms with Gasteiger partial charge in [-0.3, -0.25) is 9.48 Å². The van der Waals surface area contributed by atoms with Gasteiger partial charge in [-0.1, -0.05) is 6.92 Å². The largest absolute Gasteiger partial charge is 0.330 e. The first-order chi connectivity index (χ1) is 8.10. The number of hydrogen-bond acceptors (Lipinski definition) is 3. The van der Waals surface area contributed by atoms with Crippen LogP contribution in [0.1, 0.15) is 37.6 Å². The van der Waals surface area contributed by atoms with Gasteiger partial charge in [0.05, 0.1) is 15.9 Å². The average molecular weight is 302 g/mol. The second-order valence-electron chi connectivity index (χ2n) is 4.15. The van der Waals surface area contributed by atoms with E-state index in [-0.39, 0.29) is 5.78 Å². The van der Waals surface area contributed by atoms with Crippen molar-refractivity contribution in [3.8, 4) is 0 Å². The number of Topliss-reactive ketones (excluding diaryl/α,β-unsaturated/α-hetero) is 1. The molecule has 0 unspecified atom stereocenters. The molecule has 1 aromatic rings. The number of aromatic nitrogens is 2. The summed E-state index contributed by atoms with van der Waals surface area (Å²) < 4.78 is 2.78. The summed E-state index contributed by atoms with van der Waals surface area (Å²) in [6, 6.07) is 0. The Bertz CT molecular complexity index is 387. The van der Waals surface area contributed by atoms with Gasteiger partial charge in [-0.15, -0.1) is 0 Å². The molecule has 0 aliphatic heterocycles. The number of rotatable bonds is 7. The van der Waals surface area contributed by atoms with Gasteiger partial charge in [0, 0.05) is 19.9 Å². The predicted octanol–water partition coefficient (Wildman–Crippen LogP) is 1.99. The van der Waals surface area contributed by atoms with Gasteiger partial charge in [-0.05, 0) is 41.7 Å². The van der Waals surface area contributed by atoms with Crippen LogP contribution in [0.2, 0.25) is 0 Å². The second-order valence-corrected chi connectivity index (χ2v) is 4.94. The maximum Gasteiger partial charge on any atom is 0.138 e. The maximum atomic E-state index is 11.8. The van der Waals surface area contributed by atoms with Crippen molar-refractivity contribution in [3.63, 3.8) is 0 Å². The van der Waals surface area contributed by atoms with Gasteiger partial charge < -0.3 is 5.73 Å². The van der Waals surface area contributed by atoms with Gasteiger partial charge in [0.15, 0.2) is 0 Å². The van der Waals surface area contributed by atoms with Crippen molar-refractivity contribution in [2.24, 2.45) is 12.8 Å². The van der Waals surface area contributed by atoms with Crippen LogP contribution in [0.4, 0.5) is 0 Å². The summed E-state index contributed by atoms with van der Waals surface area (Å²) in [5, 5.41) is 4.38. The van der Waals surface area contributed by atoms with Crippen LogP contribution < -0.4 is 5.73 Å². The highest BCUT2D eigenvalue weighted by atomic mass is 79.9. The normalized spacial score (nSPS) is 10.8. The smallest absolute Gasteiger partial charge is 0.138 e. The number of unbranched alkanes of at least 4 members (excludes halogenated alkanes) is 1. The molecule has 1 rings (SSSR count). The molecule has 0 saturated heterocycles. The molecule has 1 aromatic heterocycles. The van der Waals surface area contributed by atoms with Gasteiger partial charge in [-0.25, -0.2) is 0 Å². The van der Waals surface area contributed by atoms with E-state index in [0.717, 1.165) is 35.1 Å². The average Bonchev–Trinajstić information content (AvgIpc) is 2.57. The molecule has 5 heteroatoms. The van der Waals surface area contributed by atoms with E-state index in [1.54, 1.807) is 4.68 Å². The standard InChI is InChI=1S/C12H20BrN3O/c1-3-10-12(13)11(16(2)15-10)8-9(17)6-4-5-7-14/h3-8,14H2,1-2H3. The summed E-state index contributed by atoms with van der Waals surface area (Å²) in [4.78, 5) is 11.8. The summed E-state index contributed by atoms with van der Waals surface area (Å²) >= 11 is 3.52. The molecule has 4 nitrogen and oxygen atoms in total. The van der Waals surface area contributed by atoms with Crippen molar-refractivity contribution in [1.29, 1.82) is 0 Å². The summed E-state index contributed by atoms with van der Waals surface area (Å²) in [5.41, 5.74) is 7.39. The van der Waals surface area contributed by atoms with Crippen LogP contribution >= 0.6 is 15.9 Å². The van der Waals surface area contributed by atoms with E-state index in [4.69, 9.17) is 5.73 Å². The zero-order chi connectivity index (χ0) is 12.8. The molecule has 96 valence electrons. The minimum atomic E-state index is 0.254. The molecule has 0 amide bonds. The number of nitrogens with zero attached hydrogens (tertiary/aromatic N) is 2. The van der Waals surface area contributed by atoms with Gasteiger partial charge in [0.2, 0.25) is 0 Å². The van der Waals surface area contributed by atoms with E-state index in [2.05, 4.69) is 28.0 Å². The van der Waals surface area contributed by atoms with Crippen LogP contribution in [0, 0.1) is 0 Å². The van der Waals surface area contributed by atoms with Gasteiger partial charge in [0.25, 0.3) is 0 Å². The van der Waals surface area contributed by atoms with Crippen molar-refractivity contribution in [2.75, 3.05) is 6.54 Å². The molecule has 0 saturated carbocycles. The van der Waals surface area contributed by atoms with Crippen LogP contribution in [0.25, 0.3) is 0 Å². The summed E-state index contributed by atoms with van der Waals surface area (Å²) in [7, 11) is 1.88. The lowest BCUT2D eigenvalue weighted by atomic mass is 10.1. The number of ketones is 1. The predicted molar refractivity (Wildman–Crippen MR) is 71.9 cm³/mol. The molecule has 0 aliphatic rings. The van der Waals surface area contributed by atoms with Gasteiger partial charge >= 0.3 is 0 Å². The number of halogens is 1. The zero-order valence-corrected chi connectivity index (χ0v) is 12.1. The van der Waals surface area contributed by atoms with Crippen LogP contribution in [-0.2, 0) is 24.7 Å². The lowest BCUT2D eigenvalue weighted by Crippen LogP contribution is -2.08. The van der Waals surface area contributed by atoms with Gasteiger partial charge in [0.1, 0.15) is 5.78 Å². The number of carbonyl (C=O) groups excluding carboxylic acids is 1. The molecule has 0 atom stereocenters. The van der Waals surface area contributed by atoms with Crippen LogP contribution in [0.15, 0.2) is 4.47 Å². The van der Waals surface area contributed by atoms with Crippen molar-refractivity contribution < 1.29 is 4.79 Å². The maximum absolute atomic E-state index is 11.8. The monoisotopic (exact) mass is 301 g/mol. The number of aryl methyl sites for hydroxylation is 2. The first-order valence-electron chi connectivity index (χ1n) is 6.02. The topological polar surface area (TPSA) is 60.9 Å². The Morgan fingerprint density at radius 1 is 1.47 bits per heavy atom. The Balaban J connectivity index is 2.62. The number of nitrogens with two attached hydrogens (primary N) is 1. The summed E-state index contributed by atoms with van der Waals surface area (Å²) in [6.45, 7) is 2.71. The molecule has 0 radical (unpaired) electrons. The lowest BCUT2D eigenvalue weighted by molar-refractivity contribution is -0.118. The zero-order valence-electron chi connectivity index (χ0n) is 10.5. The highest BCUT2D eigenvalue weighted by Crippen LogP contribution is 2.22. The molecule has 0 spiro atoms. The van der Waals surface area contributed by atoms with E-state index in [1.807, 2.05) is 7.05 Å². The Morgan fingerprint density at radius 2 is 2.18 bits per heavy atom. The third-order valence-corrected chi connectivity index (χ3v) is 3.69. The fourth-order valence-electron chi connectivity index (χ4n) is 1.75. The molecule has 0 aromatic carbocycles. The third-order valence-electron chi connectivity index (χ3n) is 2.78. The molecule has 0 aliphatic carbocycles.